The maximum Gasteiger partial charge on any atom is 0.425 e. The van der Waals surface area contributed by atoms with Crippen molar-refractivity contribution in [2.75, 3.05) is 12.4 Å². The monoisotopic (exact) mass is 1190 g/mol. The van der Waals surface area contributed by atoms with Gasteiger partial charge in [-0.1, -0.05) is 59.9 Å². The van der Waals surface area contributed by atoms with Crippen LogP contribution >= 0.6 is 11.3 Å². The van der Waals surface area contributed by atoms with Gasteiger partial charge in [-0.2, -0.15) is 35.0 Å². The molecule has 6 aromatic carbocycles. The van der Waals surface area contributed by atoms with E-state index in [0.29, 0.717) is 28.0 Å². The first-order valence-corrected chi connectivity index (χ1v) is 28.3. The van der Waals surface area contributed by atoms with Gasteiger partial charge in [0.2, 0.25) is 11.0 Å². The number of carboxylic acids is 1. The Morgan fingerprint density at radius 1 is 0.679 bits per heavy atom. The molecule has 8 aromatic rings. The van der Waals surface area contributed by atoms with Crippen LogP contribution in [0.5, 0.6) is 17.4 Å². The van der Waals surface area contributed by atoms with E-state index in [1.54, 1.807) is 37.3 Å². The number of aromatic nitrogens is 3. The summed E-state index contributed by atoms with van der Waals surface area (Å²) in [6, 6.07) is 25.6. The van der Waals surface area contributed by atoms with Gasteiger partial charge in [-0.25, -0.2) is 9.78 Å². The van der Waals surface area contributed by atoms with E-state index in [4.69, 9.17) is 30.0 Å². The van der Waals surface area contributed by atoms with Gasteiger partial charge in [-0.15, -0.1) is 55.9 Å². The maximum absolute atomic E-state index is 13.0. The first kappa shape index (κ1) is 58.6. The average Bonchev–Trinajstić information content (AvgIpc) is 3.96. The number of azo groups is 3. The van der Waals surface area contributed by atoms with Gasteiger partial charge in [-0.05, 0) is 73.5 Å². The first-order chi connectivity index (χ1) is 36.6. The van der Waals surface area contributed by atoms with Crippen molar-refractivity contribution in [3.8, 4) is 34.3 Å². The number of thiazole rings is 1. The molecule has 0 unspecified atom stereocenters. The summed E-state index contributed by atoms with van der Waals surface area (Å²) in [6.45, 7) is 1.51. The van der Waals surface area contributed by atoms with Crippen LogP contribution in [0.4, 0.5) is 33.6 Å². The third-order valence-electron chi connectivity index (χ3n) is 10.0. The van der Waals surface area contributed by atoms with Gasteiger partial charge in [-0.3, -0.25) is 13.7 Å². The highest BCUT2D eigenvalue weighted by Gasteiger charge is 2.26. The van der Waals surface area contributed by atoms with Gasteiger partial charge in [0.05, 0.1) is 44.4 Å². The lowest BCUT2D eigenvalue weighted by molar-refractivity contribution is 0.0696. The van der Waals surface area contributed by atoms with E-state index in [2.05, 4.69) is 40.8 Å². The summed E-state index contributed by atoms with van der Waals surface area (Å²) < 4.78 is 160. The zero-order valence-electron chi connectivity index (χ0n) is 38.9. The van der Waals surface area contributed by atoms with Crippen molar-refractivity contribution < 1.29 is 89.0 Å². The highest BCUT2D eigenvalue weighted by atomic mass is 32.2. The van der Waals surface area contributed by atoms with Crippen LogP contribution < -0.4 is 4.74 Å². The summed E-state index contributed by atoms with van der Waals surface area (Å²) in [6.07, 6.45) is -0.0998. The minimum absolute atomic E-state index is 0.0653. The summed E-state index contributed by atoms with van der Waals surface area (Å²) in [4.78, 5) is 14.7. The van der Waals surface area contributed by atoms with Gasteiger partial charge in [0, 0.05) is 22.4 Å². The molecule has 0 aliphatic carbocycles. The zero-order chi connectivity index (χ0) is 57.3. The van der Waals surface area contributed by atoms with E-state index in [9.17, 15) is 59.0 Å². The van der Waals surface area contributed by atoms with Crippen LogP contribution in [0.3, 0.4) is 0 Å². The van der Waals surface area contributed by atoms with E-state index >= 15 is 0 Å². The number of aryl methyl sites for hydroxylation is 1. The number of phenols is 1. The molecule has 2 heterocycles. The third kappa shape index (κ3) is 15.3. The van der Waals surface area contributed by atoms with Crippen molar-refractivity contribution in [3.63, 3.8) is 0 Å². The average molecular weight is 1190 g/mol. The number of ether oxygens (including phenoxy) is 1. The molecular weight excluding hydrogens is 1150 g/mol. The van der Waals surface area contributed by atoms with Crippen molar-refractivity contribution in [3.05, 3.63) is 120 Å². The molecule has 0 saturated heterocycles. The van der Waals surface area contributed by atoms with Crippen LogP contribution in [-0.2, 0) is 51.6 Å². The molecule has 0 bridgehead atoms. The van der Waals surface area contributed by atoms with Crippen molar-refractivity contribution in [1.82, 2.24) is 14.8 Å². The van der Waals surface area contributed by atoms with Crippen LogP contribution in [0, 0.1) is 6.92 Å². The lowest BCUT2D eigenvalue weighted by Gasteiger charge is -2.11. The molecule has 0 aliphatic rings. The number of rotatable bonds is 16. The minimum Gasteiger partial charge on any atom is -0.505 e. The molecular formula is C43H33N9O20S6. The molecule has 0 aliphatic heterocycles. The number of nitrogens with zero attached hydrogens (tertiary/aromatic N) is 9. The minimum atomic E-state index is -5.18. The predicted molar refractivity (Wildman–Crippen MR) is 272 cm³/mol. The number of aromatic hydroxyl groups is 2. The number of aromatic carboxylic acids is 1. The lowest BCUT2D eigenvalue weighted by atomic mass is 10.1. The number of para-hydroxylation sites is 1. The van der Waals surface area contributed by atoms with E-state index in [0.717, 1.165) is 33.1 Å². The number of carboxylic acid groups (broad SMARTS) is 1. The third-order valence-corrected chi connectivity index (χ3v) is 13.5. The van der Waals surface area contributed by atoms with Crippen molar-refractivity contribution in [2.45, 2.75) is 23.1 Å². The molecule has 0 atom stereocenters. The highest BCUT2D eigenvalue weighted by molar-refractivity contribution is 7.86. The van der Waals surface area contributed by atoms with E-state index in [-0.39, 0.29) is 52.3 Å². The van der Waals surface area contributed by atoms with Gasteiger partial charge in [0.15, 0.2) is 11.4 Å². The smallest absolute Gasteiger partial charge is 0.425 e. The Bertz CT molecular complexity index is 4270. The Morgan fingerprint density at radius 2 is 1.28 bits per heavy atom. The van der Waals surface area contributed by atoms with Crippen molar-refractivity contribution in [2.24, 2.45) is 30.7 Å². The largest absolute Gasteiger partial charge is 0.505 e. The molecule has 35 heteroatoms. The van der Waals surface area contributed by atoms with Crippen LogP contribution in [0.2, 0.25) is 0 Å². The second kappa shape index (κ2) is 24.5. The van der Waals surface area contributed by atoms with E-state index in [1.807, 2.05) is 24.3 Å². The molecule has 0 spiro atoms. The molecule has 29 nitrogen and oxygen atoms in total. The number of hydrogen-bond acceptors (Lipinski definition) is 25. The fraction of sp³-hybridized carbons (Fsp3) is 0.0930. The quantitative estimate of drug-likeness (QED) is 0.0302. The first-order valence-electron chi connectivity index (χ1n) is 21.0. The summed E-state index contributed by atoms with van der Waals surface area (Å²) in [5, 5.41) is 61.9. The van der Waals surface area contributed by atoms with Gasteiger partial charge >= 0.3 is 27.2 Å². The van der Waals surface area contributed by atoms with Gasteiger partial charge in [0.25, 0.3) is 30.4 Å². The predicted octanol–water partition coefficient (Wildman–Crippen LogP) is 8.11. The normalized spacial score (nSPS) is 11.9. The Labute approximate surface area is 445 Å². The lowest BCUT2D eigenvalue weighted by Crippen LogP contribution is -2.08. The zero-order valence-corrected chi connectivity index (χ0v) is 43.8. The molecule has 0 fully saturated rings. The molecule has 0 radical (unpaired) electrons. The molecule has 0 amide bonds. The number of fused-ring (bicyclic) bond motifs is 2. The molecule has 0 saturated carbocycles. The SMILES string of the molecule is Cc1cc(N=Nc2ccc3c(S(=O)(=O)O)c(N=Nc4c(-c5ccccc5)nn(-c5cc(C(=O)O)cc(S(=O)(=O)O)c5)c4O)ccc3c2O)c(OCCCS(=O)(=O)O)cc1N=Nc1nc2ccccc2s1.O=S(=O)=O.O=S(=O)=O. The number of carbonyl (C=O) groups is 1. The fourth-order valence-electron chi connectivity index (χ4n) is 6.81. The van der Waals surface area contributed by atoms with Crippen molar-refractivity contribution >= 4 is 123 Å². The number of hydrogen-bond donors (Lipinski definition) is 6. The fourth-order valence-corrected chi connectivity index (χ4v) is 9.45. The Hall–Kier alpha value is -8.68. The summed E-state index contributed by atoms with van der Waals surface area (Å²) >= 11 is 1.32. The molecule has 8 rings (SSSR count). The number of benzene rings is 6. The molecule has 78 heavy (non-hydrogen) atoms. The maximum atomic E-state index is 13.0. The second-order valence-corrected chi connectivity index (χ2v) is 21.5. The molecule has 6 N–H and O–H groups in total. The van der Waals surface area contributed by atoms with Gasteiger partial charge < -0.3 is 20.1 Å². The summed E-state index contributed by atoms with van der Waals surface area (Å²) in [7, 11) is -20.7. The van der Waals surface area contributed by atoms with Crippen LogP contribution in [0.1, 0.15) is 22.3 Å². The van der Waals surface area contributed by atoms with Crippen LogP contribution in [-0.4, -0.2) is 113 Å². The molecule has 406 valence electrons. The summed E-state index contributed by atoms with van der Waals surface area (Å²) in [5.74, 6) is -3.53. The Kier molecular flexibility index (Phi) is 18.4. The van der Waals surface area contributed by atoms with Crippen LogP contribution in [0.15, 0.2) is 150 Å². The standard InChI is InChI=1S/C43H33N9O14S4.2O3S/c1-23-18-34(35(66-16-7-17-68(57,58)59)22-33(23)47-50-43-44-30-10-5-6-11-36(30)67-43)48-45-31-14-13-29-28(39(31)53)12-15-32(40(29)70(63,64)65)46-49-38-37(24-8-3-2-4-9-24)51-52(41(38)54)26-19-25(42(55)56)20-27(21-26)69(60,61)62;2*1-4(2)3/h2-6,8-15,18-22,53-54H,7,16-17H2,1H3,(H,55,56)(H,57,58,59)(H,60,61,62)(H,63,64,65);;. The highest BCUT2D eigenvalue weighted by Crippen LogP contribution is 2.45. The van der Waals surface area contributed by atoms with Gasteiger partial charge in [0.1, 0.15) is 33.4 Å². The number of phenolic OH excluding ortho intramolecular Hbond substituents is 1. The van der Waals surface area contributed by atoms with Crippen LogP contribution in [0.25, 0.3) is 37.9 Å². The Morgan fingerprint density at radius 3 is 1.91 bits per heavy atom. The van der Waals surface area contributed by atoms with E-state index in [1.165, 1.54) is 41.7 Å². The summed E-state index contributed by atoms with van der Waals surface area (Å²) in [5.41, 5.74) is -0.145. The topological polar surface area (TPSA) is 457 Å². The second-order valence-electron chi connectivity index (χ2n) is 15.3. The van der Waals surface area contributed by atoms with Crippen molar-refractivity contribution in [1.29, 1.82) is 0 Å². The van der Waals surface area contributed by atoms with E-state index < -0.39 is 102 Å². The Balaban J connectivity index is 0.00000115. The molecule has 2 aromatic heterocycles.